The van der Waals surface area contributed by atoms with Crippen molar-refractivity contribution in [3.05, 3.63) is 0 Å². The molecule has 0 amide bonds. The van der Waals surface area contributed by atoms with Crippen molar-refractivity contribution >= 4 is 11.8 Å². The fourth-order valence-corrected chi connectivity index (χ4v) is 7.12. The number of carbonyl (C=O) groups is 2. The second-order valence-electron chi connectivity index (χ2n) is 9.05. The quantitative estimate of drug-likeness (QED) is 0.591. The molecule has 0 aromatic heterocycles. The third kappa shape index (κ3) is 2.28. The Labute approximate surface area is 144 Å². The van der Waals surface area contributed by atoms with E-state index in [4.69, 9.17) is 4.74 Å². The van der Waals surface area contributed by atoms with Gasteiger partial charge in [0.15, 0.2) is 0 Å². The van der Waals surface area contributed by atoms with Crippen LogP contribution in [0.3, 0.4) is 0 Å². The number of fused-ring (bicyclic) bond motifs is 5. The largest absolute Gasteiger partial charge is 0.468 e. The molecule has 0 bridgehead atoms. The van der Waals surface area contributed by atoms with Crippen LogP contribution in [0, 0.1) is 40.9 Å². The average molecular weight is 334 g/mol. The summed E-state index contributed by atoms with van der Waals surface area (Å²) in [7, 11) is 1.40. The molecule has 0 radical (unpaired) electrons. The third-order valence-electron chi connectivity index (χ3n) is 8.30. The summed E-state index contributed by atoms with van der Waals surface area (Å²) in [6.45, 7) is 2.44. The molecule has 4 heteroatoms. The molecule has 1 N–H and O–H groups in total. The predicted molar refractivity (Wildman–Crippen MR) is 89.0 cm³/mol. The first-order valence-corrected chi connectivity index (χ1v) is 9.74. The van der Waals surface area contributed by atoms with Crippen LogP contribution < -0.4 is 0 Å². The highest BCUT2D eigenvalue weighted by Crippen LogP contribution is 2.63. The van der Waals surface area contributed by atoms with Crippen LogP contribution >= 0.6 is 0 Å². The Hall–Kier alpha value is -0.900. The maximum atomic E-state index is 12.5. The van der Waals surface area contributed by atoms with Crippen molar-refractivity contribution in [2.45, 2.75) is 64.4 Å². The normalized spacial score (nSPS) is 50.6. The smallest absolute Gasteiger partial charge is 0.316 e. The number of hydrogen-bond donors (Lipinski definition) is 1. The maximum absolute atomic E-state index is 12.5. The molecule has 0 heterocycles. The highest BCUT2D eigenvalue weighted by Gasteiger charge is 2.59. The minimum absolute atomic E-state index is 0.115. The SMILES string of the molecule is COC(=O)[C@@H]1C(=O)CC2[C@H]1CC[C@@H]1[C@@H]2CCC2CC(O)CC[C@]21C. The van der Waals surface area contributed by atoms with E-state index in [1.54, 1.807) is 0 Å². The van der Waals surface area contributed by atoms with Gasteiger partial charge in [-0.05, 0) is 80.0 Å². The van der Waals surface area contributed by atoms with E-state index in [0.717, 1.165) is 32.1 Å². The minimum atomic E-state index is -0.500. The fraction of sp³-hybridized carbons (Fsp3) is 0.900. The second kappa shape index (κ2) is 5.82. The molecule has 4 fully saturated rings. The molecule has 4 nitrogen and oxygen atoms in total. The van der Waals surface area contributed by atoms with Gasteiger partial charge in [0.1, 0.15) is 11.7 Å². The molecule has 3 unspecified atom stereocenters. The van der Waals surface area contributed by atoms with E-state index < -0.39 is 5.92 Å². The van der Waals surface area contributed by atoms with Gasteiger partial charge in [0.05, 0.1) is 13.2 Å². The van der Waals surface area contributed by atoms with E-state index in [-0.39, 0.29) is 23.8 Å². The lowest BCUT2D eigenvalue weighted by Gasteiger charge is -2.58. The lowest BCUT2D eigenvalue weighted by Crippen LogP contribution is -2.52. The van der Waals surface area contributed by atoms with Crippen molar-refractivity contribution in [1.29, 1.82) is 0 Å². The number of esters is 1. The summed E-state index contributed by atoms with van der Waals surface area (Å²) in [4.78, 5) is 24.6. The highest BCUT2D eigenvalue weighted by molar-refractivity contribution is 6.01. The van der Waals surface area contributed by atoms with Gasteiger partial charge in [-0.2, -0.15) is 0 Å². The van der Waals surface area contributed by atoms with Crippen LogP contribution in [0.15, 0.2) is 0 Å². The molecule has 4 aliphatic rings. The molecule has 0 saturated heterocycles. The predicted octanol–water partition coefficient (Wildman–Crippen LogP) is 2.97. The van der Waals surface area contributed by atoms with Gasteiger partial charge < -0.3 is 9.84 Å². The molecule has 0 aromatic rings. The number of carbonyl (C=O) groups excluding carboxylic acids is 2. The zero-order valence-electron chi connectivity index (χ0n) is 14.9. The fourth-order valence-electron chi connectivity index (χ4n) is 7.12. The minimum Gasteiger partial charge on any atom is -0.468 e. The highest BCUT2D eigenvalue weighted by atomic mass is 16.5. The van der Waals surface area contributed by atoms with Crippen LogP contribution in [0.2, 0.25) is 0 Å². The molecular formula is C20H30O4. The Morgan fingerprint density at radius 2 is 1.88 bits per heavy atom. The molecule has 0 spiro atoms. The third-order valence-corrected chi connectivity index (χ3v) is 8.30. The molecule has 134 valence electrons. The Kier molecular flexibility index (Phi) is 4.02. The first-order chi connectivity index (χ1) is 11.5. The van der Waals surface area contributed by atoms with Crippen LogP contribution in [0.5, 0.6) is 0 Å². The van der Waals surface area contributed by atoms with E-state index in [0.29, 0.717) is 35.5 Å². The number of aliphatic hydroxyl groups is 1. The molecule has 24 heavy (non-hydrogen) atoms. The Morgan fingerprint density at radius 1 is 1.12 bits per heavy atom. The average Bonchev–Trinajstić information content (AvgIpc) is 2.91. The lowest BCUT2D eigenvalue weighted by molar-refractivity contribution is -0.152. The topological polar surface area (TPSA) is 63.6 Å². The standard InChI is InChI=1S/C20H30O4/c1-20-8-7-12(21)9-11(20)3-4-13-15-10-17(22)18(19(23)24-2)14(15)5-6-16(13)20/h11-16,18,21H,3-10H2,1-2H3/t11?,12?,13-,14-,15?,16-,18+,20-/m1/s1. The summed E-state index contributed by atoms with van der Waals surface area (Å²) in [5, 5.41) is 10.1. The number of hydrogen-bond acceptors (Lipinski definition) is 4. The number of aliphatic hydroxyl groups excluding tert-OH is 1. The number of Topliss-reactive ketones (excluding diaryl/α,β-unsaturated/α-hetero) is 1. The number of rotatable bonds is 1. The Balaban J connectivity index is 1.58. The van der Waals surface area contributed by atoms with Gasteiger partial charge in [0.2, 0.25) is 0 Å². The monoisotopic (exact) mass is 334 g/mol. The molecule has 8 atom stereocenters. The molecular weight excluding hydrogens is 304 g/mol. The van der Waals surface area contributed by atoms with Gasteiger partial charge in [-0.25, -0.2) is 0 Å². The van der Waals surface area contributed by atoms with Gasteiger partial charge in [-0.15, -0.1) is 0 Å². The number of ether oxygens (including phenoxy) is 1. The van der Waals surface area contributed by atoms with Gasteiger partial charge in [0, 0.05) is 6.42 Å². The molecule has 4 saturated carbocycles. The first kappa shape index (κ1) is 16.6. The van der Waals surface area contributed by atoms with Crippen molar-refractivity contribution in [3.63, 3.8) is 0 Å². The molecule has 0 aliphatic heterocycles. The van der Waals surface area contributed by atoms with E-state index in [2.05, 4.69) is 6.92 Å². The van der Waals surface area contributed by atoms with Crippen molar-refractivity contribution < 1.29 is 19.4 Å². The van der Waals surface area contributed by atoms with Crippen LogP contribution in [0.25, 0.3) is 0 Å². The first-order valence-electron chi connectivity index (χ1n) is 9.74. The van der Waals surface area contributed by atoms with Gasteiger partial charge in [-0.3, -0.25) is 9.59 Å². The van der Waals surface area contributed by atoms with Crippen LogP contribution in [0.1, 0.15) is 58.3 Å². The summed E-state index contributed by atoms with van der Waals surface area (Å²) in [5.74, 6) is 1.77. The summed E-state index contributed by atoms with van der Waals surface area (Å²) >= 11 is 0. The second-order valence-corrected chi connectivity index (χ2v) is 9.05. The van der Waals surface area contributed by atoms with Crippen LogP contribution in [-0.2, 0) is 14.3 Å². The summed E-state index contributed by atoms with van der Waals surface area (Å²) in [6.07, 6.45) is 7.92. The number of methoxy groups -OCH3 is 1. The number of ketones is 1. The summed E-state index contributed by atoms with van der Waals surface area (Å²) in [5.41, 5.74) is 0.319. The van der Waals surface area contributed by atoms with Crippen molar-refractivity contribution in [2.75, 3.05) is 7.11 Å². The van der Waals surface area contributed by atoms with E-state index in [1.165, 1.54) is 20.0 Å². The lowest BCUT2D eigenvalue weighted by atomic mass is 9.47. The van der Waals surface area contributed by atoms with Crippen LogP contribution in [-0.4, -0.2) is 30.1 Å². The summed E-state index contributed by atoms with van der Waals surface area (Å²) in [6, 6.07) is 0. The zero-order chi connectivity index (χ0) is 17.1. The Bertz CT molecular complexity index is 544. The summed E-state index contributed by atoms with van der Waals surface area (Å²) < 4.78 is 4.92. The van der Waals surface area contributed by atoms with Gasteiger partial charge in [0.25, 0.3) is 0 Å². The molecule has 4 rings (SSSR count). The van der Waals surface area contributed by atoms with Crippen molar-refractivity contribution in [3.8, 4) is 0 Å². The maximum Gasteiger partial charge on any atom is 0.316 e. The Morgan fingerprint density at radius 3 is 2.62 bits per heavy atom. The van der Waals surface area contributed by atoms with Crippen molar-refractivity contribution in [1.82, 2.24) is 0 Å². The van der Waals surface area contributed by atoms with Crippen molar-refractivity contribution in [2.24, 2.45) is 40.9 Å². The molecule has 0 aromatic carbocycles. The van der Waals surface area contributed by atoms with E-state index in [9.17, 15) is 14.7 Å². The van der Waals surface area contributed by atoms with E-state index >= 15 is 0 Å². The van der Waals surface area contributed by atoms with E-state index in [1.807, 2.05) is 0 Å². The van der Waals surface area contributed by atoms with Gasteiger partial charge >= 0.3 is 5.97 Å². The molecule has 4 aliphatic carbocycles. The van der Waals surface area contributed by atoms with Gasteiger partial charge in [-0.1, -0.05) is 6.92 Å². The zero-order valence-corrected chi connectivity index (χ0v) is 14.9. The van der Waals surface area contributed by atoms with Crippen LogP contribution in [0.4, 0.5) is 0 Å².